The lowest BCUT2D eigenvalue weighted by Crippen LogP contribution is -2.34. The van der Waals surface area contributed by atoms with Gasteiger partial charge in [0, 0.05) is 6.08 Å². The van der Waals surface area contributed by atoms with E-state index >= 15 is 0 Å². The first kappa shape index (κ1) is 16.4. The fraction of sp³-hybridized carbons (Fsp3) is 0.105. The fourth-order valence-electron chi connectivity index (χ4n) is 2.60. The summed E-state index contributed by atoms with van der Waals surface area (Å²) in [6.45, 7) is 0. The van der Waals surface area contributed by atoms with E-state index in [9.17, 15) is 14.4 Å². The number of Topliss-reactive ketones (excluding diaryl/α,β-unsaturated/α-hetero) is 1. The highest BCUT2D eigenvalue weighted by molar-refractivity contribution is 6.56. The molecule has 0 aliphatic carbocycles. The maximum Gasteiger partial charge on any atom is 0.306 e. The Labute approximate surface area is 144 Å². The normalized spacial score (nSPS) is 13.3. The third-order valence-corrected chi connectivity index (χ3v) is 3.83. The minimum Gasteiger partial charge on any atom is -0.493 e. The smallest absolute Gasteiger partial charge is 0.306 e. The highest BCUT2D eigenvalue weighted by Crippen LogP contribution is 2.30. The average molecular weight is 337 g/mol. The number of hydrogen-bond acceptors (Lipinski definition) is 5. The highest BCUT2D eigenvalue weighted by atomic mass is 16.5. The molecule has 2 aromatic rings. The van der Waals surface area contributed by atoms with Gasteiger partial charge < -0.3 is 9.47 Å². The number of fused-ring (bicyclic) bond motifs is 1. The molecule has 3 rings (SSSR count). The molecular formula is C19H15NO5. The number of amides is 2. The molecule has 0 N–H and O–H groups in total. The van der Waals surface area contributed by atoms with Gasteiger partial charge in [-0.3, -0.25) is 14.4 Å². The van der Waals surface area contributed by atoms with Gasteiger partial charge in [0.05, 0.1) is 25.5 Å². The minimum absolute atomic E-state index is 0.236. The van der Waals surface area contributed by atoms with E-state index in [1.54, 1.807) is 42.5 Å². The third-order valence-electron chi connectivity index (χ3n) is 3.83. The van der Waals surface area contributed by atoms with Gasteiger partial charge >= 0.3 is 5.91 Å². The lowest BCUT2D eigenvalue weighted by atomic mass is 10.1. The summed E-state index contributed by atoms with van der Waals surface area (Å²) >= 11 is 0. The molecule has 1 aliphatic rings. The zero-order chi connectivity index (χ0) is 18.0. The summed E-state index contributed by atoms with van der Waals surface area (Å²) in [6.07, 6.45) is 2.79. The van der Waals surface area contributed by atoms with Crippen LogP contribution in [-0.2, 0) is 9.59 Å². The summed E-state index contributed by atoms with van der Waals surface area (Å²) in [4.78, 5) is 37.3. The van der Waals surface area contributed by atoms with E-state index < -0.39 is 17.6 Å². The second kappa shape index (κ2) is 6.60. The van der Waals surface area contributed by atoms with E-state index in [0.29, 0.717) is 22.7 Å². The van der Waals surface area contributed by atoms with Crippen molar-refractivity contribution in [3.05, 3.63) is 59.7 Å². The molecule has 1 heterocycles. The molecule has 0 bridgehead atoms. The number of anilines is 1. The molecule has 1 aliphatic heterocycles. The van der Waals surface area contributed by atoms with Crippen LogP contribution in [0, 0.1) is 0 Å². The molecule has 0 unspecified atom stereocenters. The summed E-state index contributed by atoms with van der Waals surface area (Å²) < 4.78 is 10.4. The maximum absolute atomic E-state index is 12.4. The maximum atomic E-state index is 12.4. The highest BCUT2D eigenvalue weighted by Gasteiger charge is 2.38. The van der Waals surface area contributed by atoms with Crippen LogP contribution in [0.4, 0.5) is 5.69 Å². The second-order valence-electron chi connectivity index (χ2n) is 5.27. The van der Waals surface area contributed by atoms with Crippen LogP contribution in [0.25, 0.3) is 6.08 Å². The molecular weight excluding hydrogens is 322 g/mol. The largest absolute Gasteiger partial charge is 0.493 e. The average Bonchev–Trinajstić information content (AvgIpc) is 2.90. The van der Waals surface area contributed by atoms with Gasteiger partial charge in [-0.25, -0.2) is 4.90 Å². The lowest BCUT2D eigenvalue weighted by Gasteiger charge is -2.11. The van der Waals surface area contributed by atoms with Gasteiger partial charge in [-0.2, -0.15) is 0 Å². The van der Waals surface area contributed by atoms with Crippen LogP contribution < -0.4 is 14.4 Å². The van der Waals surface area contributed by atoms with Gasteiger partial charge in [-0.15, -0.1) is 0 Å². The first-order valence-electron chi connectivity index (χ1n) is 7.48. The molecule has 0 saturated heterocycles. The Morgan fingerprint density at radius 2 is 1.72 bits per heavy atom. The quantitative estimate of drug-likeness (QED) is 0.633. The zero-order valence-corrected chi connectivity index (χ0v) is 13.7. The molecule has 0 aromatic heterocycles. The summed E-state index contributed by atoms with van der Waals surface area (Å²) in [6, 6.07) is 11.6. The van der Waals surface area contributed by atoms with Crippen molar-refractivity contribution in [1.29, 1.82) is 0 Å². The minimum atomic E-state index is -0.844. The van der Waals surface area contributed by atoms with Gasteiger partial charge in [-0.05, 0) is 35.9 Å². The van der Waals surface area contributed by atoms with E-state index in [1.807, 2.05) is 0 Å². The number of ketones is 1. The molecule has 0 fully saturated rings. The summed E-state index contributed by atoms with van der Waals surface area (Å²) in [5.41, 5.74) is 1.23. The van der Waals surface area contributed by atoms with Crippen LogP contribution in [0.1, 0.15) is 15.9 Å². The predicted molar refractivity (Wildman–Crippen MR) is 91.8 cm³/mol. The molecule has 0 spiro atoms. The second-order valence-corrected chi connectivity index (χ2v) is 5.27. The number of hydrogen-bond donors (Lipinski definition) is 0. The molecule has 25 heavy (non-hydrogen) atoms. The monoisotopic (exact) mass is 337 g/mol. The number of ether oxygens (including phenoxy) is 2. The van der Waals surface area contributed by atoms with Gasteiger partial charge in [0.2, 0.25) is 0 Å². The Hall–Kier alpha value is -3.41. The Morgan fingerprint density at radius 3 is 2.44 bits per heavy atom. The number of methoxy groups -OCH3 is 2. The first-order valence-corrected chi connectivity index (χ1v) is 7.48. The molecule has 0 atom stereocenters. The predicted octanol–water partition coefficient (Wildman–Crippen LogP) is 2.47. The van der Waals surface area contributed by atoms with Crippen molar-refractivity contribution in [3.8, 4) is 11.5 Å². The van der Waals surface area contributed by atoms with Gasteiger partial charge in [0.1, 0.15) is 0 Å². The number of imide groups is 1. The first-order chi connectivity index (χ1) is 12.1. The van der Waals surface area contributed by atoms with E-state index in [1.165, 1.54) is 26.4 Å². The third kappa shape index (κ3) is 2.89. The van der Waals surface area contributed by atoms with E-state index in [0.717, 1.165) is 4.90 Å². The van der Waals surface area contributed by atoms with E-state index in [4.69, 9.17) is 9.47 Å². The van der Waals surface area contributed by atoms with Crippen molar-refractivity contribution in [2.24, 2.45) is 0 Å². The zero-order valence-electron chi connectivity index (χ0n) is 13.7. The van der Waals surface area contributed by atoms with E-state index in [-0.39, 0.29) is 5.56 Å². The number of para-hydroxylation sites is 1. The number of carbonyl (C=O) groups excluding carboxylic acids is 3. The Bertz CT molecular complexity index is 900. The van der Waals surface area contributed by atoms with Crippen molar-refractivity contribution >= 4 is 29.4 Å². The molecule has 2 amide bonds. The van der Waals surface area contributed by atoms with Crippen LogP contribution >= 0.6 is 0 Å². The summed E-state index contributed by atoms with van der Waals surface area (Å²) in [7, 11) is 3.05. The molecule has 0 radical (unpaired) electrons. The Morgan fingerprint density at radius 1 is 1.00 bits per heavy atom. The molecule has 6 heteroatoms. The number of benzene rings is 2. The number of carbonyl (C=O) groups is 3. The lowest BCUT2D eigenvalue weighted by molar-refractivity contribution is -0.121. The van der Waals surface area contributed by atoms with Crippen molar-refractivity contribution in [2.45, 2.75) is 0 Å². The standard InChI is InChI=1S/C19H15NO5/c1-24-15-9-7-12(11-16(15)25-2)8-10-17(21)20-14-6-4-3-5-13(14)18(22)19(20)23/h3-11H,1-2H3. The molecule has 2 aromatic carbocycles. The van der Waals surface area contributed by atoms with Crippen LogP contribution in [0.15, 0.2) is 48.5 Å². The van der Waals surface area contributed by atoms with Crippen molar-refractivity contribution in [1.82, 2.24) is 0 Å². The summed E-state index contributed by atoms with van der Waals surface area (Å²) in [5, 5.41) is 0. The van der Waals surface area contributed by atoms with Gasteiger partial charge in [0.15, 0.2) is 11.5 Å². The Kier molecular flexibility index (Phi) is 4.35. The van der Waals surface area contributed by atoms with Crippen molar-refractivity contribution in [3.63, 3.8) is 0 Å². The topological polar surface area (TPSA) is 72.9 Å². The SMILES string of the molecule is COc1ccc(C=CC(=O)N2C(=O)C(=O)c3ccccc32)cc1OC. The number of nitrogens with zero attached hydrogens (tertiary/aromatic N) is 1. The van der Waals surface area contributed by atoms with Crippen LogP contribution in [-0.4, -0.2) is 31.8 Å². The molecule has 126 valence electrons. The molecule has 0 saturated carbocycles. The van der Waals surface area contributed by atoms with E-state index in [2.05, 4.69) is 0 Å². The van der Waals surface area contributed by atoms with Crippen LogP contribution in [0.5, 0.6) is 11.5 Å². The van der Waals surface area contributed by atoms with Crippen LogP contribution in [0.3, 0.4) is 0 Å². The summed E-state index contributed by atoms with van der Waals surface area (Å²) in [5.74, 6) is -1.01. The van der Waals surface area contributed by atoms with Gasteiger partial charge in [-0.1, -0.05) is 18.2 Å². The van der Waals surface area contributed by atoms with Gasteiger partial charge in [0.25, 0.3) is 11.7 Å². The number of rotatable bonds is 4. The fourth-order valence-corrected chi connectivity index (χ4v) is 2.60. The van der Waals surface area contributed by atoms with Crippen molar-refractivity contribution < 1.29 is 23.9 Å². The van der Waals surface area contributed by atoms with Crippen LogP contribution in [0.2, 0.25) is 0 Å². The molecule has 6 nitrogen and oxygen atoms in total. The Balaban J connectivity index is 1.87. The van der Waals surface area contributed by atoms with Crippen molar-refractivity contribution in [2.75, 3.05) is 19.1 Å².